The Kier molecular flexibility index (Phi) is 5.10. The van der Waals surface area contributed by atoms with Gasteiger partial charge in [0.1, 0.15) is 5.76 Å². The van der Waals surface area contributed by atoms with Crippen LogP contribution < -0.4 is 0 Å². The van der Waals surface area contributed by atoms with E-state index in [4.69, 9.17) is 0 Å². The maximum atomic E-state index is 13.8. The number of rotatable bonds is 2. The molecule has 12 heteroatoms. The third kappa shape index (κ3) is 4.09. The van der Waals surface area contributed by atoms with Gasteiger partial charge in [-0.15, -0.1) is 0 Å². The molecule has 0 fully saturated rings. The second-order valence-corrected chi connectivity index (χ2v) is 7.58. The zero-order valence-corrected chi connectivity index (χ0v) is 13.9. The van der Waals surface area contributed by atoms with Crippen molar-refractivity contribution in [2.24, 2.45) is 0 Å². The predicted octanol–water partition coefficient (Wildman–Crippen LogP) is 4.94. The molecule has 0 aromatic heterocycles. The van der Waals surface area contributed by atoms with Gasteiger partial charge in [-0.3, -0.25) is 0 Å². The molecule has 0 saturated heterocycles. The van der Waals surface area contributed by atoms with Crippen LogP contribution in [0.4, 0.5) is 35.1 Å². The highest BCUT2D eigenvalue weighted by Gasteiger charge is 2.48. The molecule has 0 spiro atoms. The molecule has 1 aromatic rings. The van der Waals surface area contributed by atoms with E-state index in [1.807, 2.05) is 0 Å². The normalized spacial score (nSPS) is 19.7. The third-order valence-electron chi connectivity index (χ3n) is 3.67. The number of sulfone groups is 1. The Balaban J connectivity index is 2.81. The van der Waals surface area contributed by atoms with Crippen molar-refractivity contribution in [2.75, 3.05) is 6.26 Å². The molecular weight excluding hydrogens is 412 g/mol. The molecule has 0 bridgehead atoms. The van der Waals surface area contributed by atoms with Crippen LogP contribution in [0.15, 0.2) is 46.1 Å². The fourth-order valence-corrected chi connectivity index (χ4v) is 3.48. The first-order valence-electron chi connectivity index (χ1n) is 6.87. The molecule has 1 aromatic carbocycles. The zero-order valence-electron chi connectivity index (χ0n) is 13.1. The molecular formula is C15H9F8O3S. The van der Waals surface area contributed by atoms with E-state index in [0.29, 0.717) is 18.4 Å². The monoisotopic (exact) mass is 421 g/mol. The molecule has 2 rings (SSSR count). The van der Waals surface area contributed by atoms with Crippen LogP contribution in [-0.2, 0) is 16.0 Å². The van der Waals surface area contributed by atoms with Gasteiger partial charge in [0.15, 0.2) is 21.5 Å². The maximum Gasteiger partial charge on any atom is 0.416 e. The molecule has 3 nitrogen and oxygen atoms in total. The Morgan fingerprint density at radius 2 is 1.52 bits per heavy atom. The fourth-order valence-electron chi connectivity index (χ4n) is 2.52. The van der Waals surface area contributed by atoms with E-state index in [0.717, 1.165) is 0 Å². The highest BCUT2D eigenvalue weighted by atomic mass is 32.2. The van der Waals surface area contributed by atoms with E-state index >= 15 is 0 Å². The topological polar surface area (TPSA) is 54.4 Å². The first-order chi connectivity index (χ1) is 12.0. The largest absolute Gasteiger partial charge is 0.509 e. The number of hydrogen-bond acceptors (Lipinski definition) is 3. The molecule has 0 heterocycles. The van der Waals surface area contributed by atoms with Crippen molar-refractivity contribution in [2.45, 2.75) is 23.2 Å². The summed E-state index contributed by atoms with van der Waals surface area (Å²) in [6.07, 6.45) is -9.88. The molecule has 1 N–H and O–H groups in total. The Morgan fingerprint density at radius 3 is 1.96 bits per heavy atom. The van der Waals surface area contributed by atoms with Gasteiger partial charge in [0.05, 0.1) is 16.0 Å². The predicted molar refractivity (Wildman–Crippen MR) is 76.5 cm³/mol. The summed E-state index contributed by atoms with van der Waals surface area (Å²) in [5.74, 6) is -8.61. The Labute approximate surface area is 147 Å². The van der Waals surface area contributed by atoms with E-state index in [-0.39, 0.29) is 12.5 Å². The van der Waals surface area contributed by atoms with Crippen molar-refractivity contribution in [1.29, 1.82) is 0 Å². The van der Waals surface area contributed by atoms with Gasteiger partial charge in [-0.05, 0) is 17.7 Å². The highest BCUT2D eigenvalue weighted by molar-refractivity contribution is 7.90. The van der Waals surface area contributed by atoms with Gasteiger partial charge < -0.3 is 5.11 Å². The first kappa shape index (κ1) is 21.2. The second-order valence-electron chi connectivity index (χ2n) is 5.59. The number of allylic oxidation sites excluding steroid dienone is 4. The maximum absolute atomic E-state index is 13.8. The lowest BCUT2D eigenvalue weighted by Gasteiger charge is -2.28. The number of halogens is 8. The fraction of sp³-hybridized carbons (Fsp3) is 0.267. The van der Waals surface area contributed by atoms with Crippen molar-refractivity contribution in [3.63, 3.8) is 0 Å². The Bertz CT molecular complexity index is 939. The van der Waals surface area contributed by atoms with Gasteiger partial charge >= 0.3 is 12.4 Å². The number of benzene rings is 1. The van der Waals surface area contributed by atoms with E-state index in [1.165, 1.54) is 0 Å². The van der Waals surface area contributed by atoms with E-state index < -0.39 is 67.1 Å². The average molecular weight is 421 g/mol. The van der Waals surface area contributed by atoms with Gasteiger partial charge in [0.25, 0.3) is 0 Å². The van der Waals surface area contributed by atoms with Crippen molar-refractivity contribution in [1.82, 2.24) is 0 Å². The van der Waals surface area contributed by atoms with Crippen LogP contribution in [0.2, 0.25) is 0 Å². The lowest BCUT2D eigenvalue weighted by atomic mass is 9.83. The number of alkyl halides is 6. The number of aliphatic hydroxyl groups is 1. The van der Waals surface area contributed by atoms with Crippen LogP contribution in [0.1, 0.15) is 17.0 Å². The molecule has 0 aliphatic heterocycles. The first-order valence-corrected chi connectivity index (χ1v) is 8.76. The summed E-state index contributed by atoms with van der Waals surface area (Å²) < 4.78 is 129. The standard InChI is InChI=1S/C15H9F8O3S/c1-27(25,26)10-4-6(14(18,19)20)2-3-7(10)8-5-9(24)12(16)13(17)11(8)15(21,22)23/h2-5,8,24H,1H3. The second kappa shape index (κ2) is 6.50. The van der Waals surface area contributed by atoms with Crippen molar-refractivity contribution in [3.05, 3.63) is 58.7 Å². The average Bonchev–Trinajstić information content (AvgIpc) is 2.48. The minimum Gasteiger partial charge on any atom is -0.509 e. The van der Waals surface area contributed by atoms with Gasteiger partial charge in [-0.2, -0.15) is 26.3 Å². The van der Waals surface area contributed by atoms with Crippen LogP contribution >= 0.6 is 0 Å². The van der Waals surface area contributed by atoms with Crippen LogP contribution in [0.25, 0.3) is 0 Å². The SMILES string of the molecule is CS(=O)(=O)c1cc(C(F)(F)F)ccc1C1[CH]C(O)=C(F)C(F)=C1C(F)(F)F. The third-order valence-corrected chi connectivity index (χ3v) is 4.82. The highest BCUT2D eigenvalue weighted by Crippen LogP contribution is 2.49. The molecule has 1 atom stereocenters. The molecule has 149 valence electrons. The van der Waals surface area contributed by atoms with Gasteiger partial charge in [-0.1, -0.05) is 6.07 Å². The Morgan fingerprint density at radius 1 is 0.963 bits per heavy atom. The van der Waals surface area contributed by atoms with E-state index in [1.54, 1.807) is 0 Å². The molecule has 0 saturated carbocycles. The molecule has 1 aliphatic carbocycles. The minimum absolute atomic E-state index is 0.0934. The molecule has 0 amide bonds. The molecule has 1 radical (unpaired) electrons. The summed E-state index contributed by atoms with van der Waals surface area (Å²) in [4.78, 5) is -1.16. The summed E-state index contributed by atoms with van der Waals surface area (Å²) in [5.41, 5.74) is -4.54. The van der Waals surface area contributed by atoms with Gasteiger partial charge in [0, 0.05) is 18.6 Å². The summed E-state index contributed by atoms with van der Waals surface area (Å²) in [6, 6.07) is 0.807. The summed E-state index contributed by atoms with van der Waals surface area (Å²) in [5, 5.41) is 9.32. The lowest BCUT2D eigenvalue weighted by Crippen LogP contribution is -2.26. The van der Waals surface area contributed by atoms with Crippen LogP contribution in [-0.4, -0.2) is 26.0 Å². The van der Waals surface area contributed by atoms with Crippen molar-refractivity contribution < 1.29 is 48.6 Å². The summed E-state index contributed by atoms with van der Waals surface area (Å²) in [7, 11) is -4.51. The zero-order chi connectivity index (χ0) is 20.9. The summed E-state index contributed by atoms with van der Waals surface area (Å²) in [6.45, 7) is 0. The lowest BCUT2D eigenvalue weighted by molar-refractivity contribution is -0.137. The van der Waals surface area contributed by atoms with Crippen molar-refractivity contribution >= 4 is 9.84 Å². The van der Waals surface area contributed by atoms with Crippen molar-refractivity contribution in [3.8, 4) is 0 Å². The van der Waals surface area contributed by atoms with Gasteiger partial charge in [-0.25, -0.2) is 17.2 Å². The molecule has 1 unspecified atom stereocenters. The quantitative estimate of drug-likeness (QED) is 0.689. The van der Waals surface area contributed by atoms with Gasteiger partial charge in [0.2, 0.25) is 0 Å². The minimum atomic E-state index is -5.50. The molecule has 1 aliphatic rings. The van der Waals surface area contributed by atoms with E-state index in [9.17, 15) is 48.6 Å². The number of aliphatic hydroxyl groups excluding tert-OH is 1. The van der Waals surface area contributed by atoms with Crippen LogP contribution in [0.5, 0.6) is 0 Å². The number of hydrogen-bond donors (Lipinski definition) is 1. The smallest absolute Gasteiger partial charge is 0.416 e. The van der Waals surface area contributed by atoms with Crippen LogP contribution in [0.3, 0.4) is 0 Å². The summed E-state index contributed by atoms with van der Waals surface area (Å²) >= 11 is 0. The van der Waals surface area contributed by atoms with E-state index in [2.05, 4.69) is 0 Å². The van der Waals surface area contributed by atoms with Crippen LogP contribution in [0, 0.1) is 6.42 Å². The Hall–Kier alpha value is -2.11. The molecule has 27 heavy (non-hydrogen) atoms.